The predicted octanol–water partition coefficient (Wildman–Crippen LogP) is 15.5. The Balaban J connectivity index is 1.09. The fraction of sp³-hybridized carbons (Fsp3) is 0. The molecule has 0 fully saturated rings. The van der Waals surface area contributed by atoms with Crippen LogP contribution in [0.3, 0.4) is 0 Å². The van der Waals surface area contributed by atoms with E-state index in [4.69, 9.17) is 4.42 Å². The van der Waals surface area contributed by atoms with Crippen LogP contribution in [-0.4, -0.2) is 0 Å². The maximum Gasteiger partial charge on any atom is 0.143 e. The summed E-state index contributed by atoms with van der Waals surface area (Å²) in [4.78, 5) is 4.59. The first-order valence-electron chi connectivity index (χ1n) is 19.3. The zero-order valence-corrected chi connectivity index (χ0v) is 31.2. The van der Waals surface area contributed by atoms with Crippen molar-refractivity contribution in [1.29, 1.82) is 0 Å². The van der Waals surface area contributed by atoms with E-state index >= 15 is 0 Å². The van der Waals surface area contributed by atoms with Crippen molar-refractivity contribution in [2.75, 3.05) is 9.80 Å². The van der Waals surface area contributed by atoms with Crippen molar-refractivity contribution in [3.63, 3.8) is 0 Å². The van der Waals surface area contributed by atoms with Crippen molar-refractivity contribution in [3.05, 3.63) is 231 Å². The van der Waals surface area contributed by atoms with E-state index in [-0.39, 0.29) is 0 Å². The molecule has 10 aromatic rings. The monoisotopic (exact) mass is 730 g/mol. The van der Waals surface area contributed by atoms with Crippen LogP contribution in [0.25, 0.3) is 55.3 Å². The van der Waals surface area contributed by atoms with Gasteiger partial charge in [-0.2, -0.15) is 0 Å². The molecule has 0 aliphatic carbocycles. The number of benzene rings is 9. The zero-order chi connectivity index (χ0) is 38.0. The van der Waals surface area contributed by atoms with Crippen LogP contribution in [0.2, 0.25) is 0 Å². The number of hydrogen-bond acceptors (Lipinski definition) is 3. The van der Waals surface area contributed by atoms with Crippen LogP contribution < -0.4 is 9.80 Å². The first kappa shape index (κ1) is 33.9. The molecule has 270 valence electrons. The summed E-state index contributed by atoms with van der Waals surface area (Å²) in [6, 6.07) is 81.6. The summed E-state index contributed by atoms with van der Waals surface area (Å²) in [6.45, 7) is 0. The molecule has 10 rings (SSSR count). The summed E-state index contributed by atoms with van der Waals surface area (Å²) < 4.78 is 6.57. The number of hydrogen-bond donors (Lipinski definition) is 0. The van der Waals surface area contributed by atoms with Gasteiger partial charge in [0.05, 0.1) is 0 Å². The minimum atomic E-state index is 0.894. The highest BCUT2D eigenvalue weighted by molar-refractivity contribution is 6.10. The number of para-hydroxylation sites is 6. The summed E-state index contributed by atoms with van der Waals surface area (Å²) >= 11 is 0. The van der Waals surface area contributed by atoms with Crippen LogP contribution in [0.4, 0.5) is 34.1 Å². The van der Waals surface area contributed by atoms with E-state index in [9.17, 15) is 0 Å². The number of furan rings is 1. The Hall–Kier alpha value is -7.62. The summed E-state index contributed by atoms with van der Waals surface area (Å²) in [6.07, 6.45) is 0. The van der Waals surface area contributed by atoms with Crippen molar-refractivity contribution in [2.24, 2.45) is 0 Å². The van der Waals surface area contributed by atoms with Crippen LogP contribution >= 0.6 is 0 Å². The van der Waals surface area contributed by atoms with Crippen molar-refractivity contribution >= 4 is 56.1 Å². The molecule has 0 spiro atoms. The summed E-state index contributed by atoms with van der Waals surface area (Å²) in [7, 11) is 0. The predicted molar refractivity (Wildman–Crippen MR) is 239 cm³/mol. The maximum atomic E-state index is 6.57. The van der Waals surface area contributed by atoms with Gasteiger partial charge in [-0.3, -0.25) is 0 Å². The van der Waals surface area contributed by atoms with Gasteiger partial charge in [0.25, 0.3) is 0 Å². The summed E-state index contributed by atoms with van der Waals surface area (Å²) in [5, 5.41) is 2.24. The van der Waals surface area contributed by atoms with Crippen LogP contribution in [0, 0.1) is 0 Å². The lowest BCUT2D eigenvalue weighted by atomic mass is 9.92. The summed E-state index contributed by atoms with van der Waals surface area (Å²) in [5.41, 5.74) is 15.1. The topological polar surface area (TPSA) is 19.6 Å². The molecule has 9 aromatic carbocycles. The van der Waals surface area contributed by atoms with E-state index in [0.717, 1.165) is 89.4 Å². The fourth-order valence-electron chi connectivity index (χ4n) is 7.90. The quantitative estimate of drug-likeness (QED) is 0.147. The van der Waals surface area contributed by atoms with Crippen LogP contribution in [0.1, 0.15) is 0 Å². The maximum absolute atomic E-state index is 6.57. The molecule has 3 heteroatoms. The Bertz CT molecular complexity index is 2700. The fourth-order valence-corrected chi connectivity index (χ4v) is 7.90. The van der Waals surface area contributed by atoms with Gasteiger partial charge in [0.15, 0.2) is 0 Å². The molecule has 0 unspecified atom stereocenters. The van der Waals surface area contributed by atoms with Crippen molar-refractivity contribution < 1.29 is 4.42 Å². The molecule has 0 radical (unpaired) electrons. The number of anilines is 6. The third kappa shape index (κ3) is 6.62. The standard InChI is InChI=1S/C54H38N2O/c1-5-16-44(17-6-1)55(45-18-7-2-8-19-45)48-32-28-39(29-33-48)41-36-42(38-43(37-41)50-25-15-26-52-51-24-13-14-27-53(51)57-54(50)52)40-30-34-49(35-31-40)56(46-20-9-3-10-21-46)47-22-11-4-12-23-47/h1-38H. The Morgan fingerprint density at radius 3 is 1.09 bits per heavy atom. The Labute approximate surface area is 333 Å². The molecule has 57 heavy (non-hydrogen) atoms. The van der Waals surface area contributed by atoms with E-state index < -0.39 is 0 Å². The van der Waals surface area contributed by atoms with Gasteiger partial charge in [0.1, 0.15) is 11.2 Å². The third-order valence-corrected chi connectivity index (χ3v) is 10.6. The van der Waals surface area contributed by atoms with Crippen LogP contribution in [-0.2, 0) is 0 Å². The van der Waals surface area contributed by atoms with Gasteiger partial charge < -0.3 is 14.2 Å². The first-order chi connectivity index (χ1) is 28.3. The van der Waals surface area contributed by atoms with Gasteiger partial charge in [0, 0.05) is 50.5 Å². The third-order valence-electron chi connectivity index (χ3n) is 10.6. The highest BCUT2D eigenvalue weighted by Gasteiger charge is 2.17. The number of rotatable bonds is 9. The molecular weight excluding hydrogens is 693 g/mol. The second-order valence-corrected chi connectivity index (χ2v) is 14.2. The minimum Gasteiger partial charge on any atom is -0.455 e. The smallest absolute Gasteiger partial charge is 0.143 e. The largest absolute Gasteiger partial charge is 0.455 e. The number of nitrogens with zero attached hydrogens (tertiary/aromatic N) is 2. The molecule has 0 saturated carbocycles. The Kier molecular flexibility index (Phi) is 8.86. The second-order valence-electron chi connectivity index (χ2n) is 14.2. The Morgan fingerprint density at radius 1 is 0.263 bits per heavy atom. The van der Waals surface area contributed by atoms with E-state index in [1.807, 2.05) is 12.1 Å². The molecular formula is C54H38N2O. The van der Waals surface area contributed by atoms with Crippen LogP contribution in [0.15, 0.2) is 235 Å². The van der Waals surface area contributed by atoms with Crippen LogP contribution in [0.5, 0.6) is 0 Å². The molecule has 0 bridgehead atoms. The highest BCUT2D eigenvalue weighted by Crippen LogP contribution is 2.42. The second kappa shape index (κ2) is 14.9. The van der Waals surface area contributed by atoms with Crippen molar-refractivity contribution in [1.82, 2.24) is 0 Å². The molecule has 0 atom stereocenters. The van der Waals surface area contributed by atoms with E-state index in [0.29, 0.717) is 0 Å². The average molecular weight is 731 g/mol. The average Bonchev–Trinajstić information content (AvgIpc) is 3.68. The number of fused-ring (bicyclic) bond motifs is 3. The van der Waals surface area contributed by atoms with Gasteiger partial charge in [0.2, 0.25) is 0 Å². The zero-order valence-electron chi connectivity index (χ0n) is 31.2. The molecule has 0 aliphatic rings. The van der Waals surface area contributed by atoms with E-state index in [1.54, 1.807) is 0 Å². The lowest BCUT2D eigenvalue weighted by molar-refractivity contribution is 0.670. The molecule has 0 aliphatic heterocycles. The van der Waals surface area contributed by atoms with E-state index in [1.165, 1.54) is 0 Å². The first-order valence-corrected chi connectivity index (χ1v) is 19.3. The van der Waals surface area contributed by atoms with E-state index in [2.05, 4.69) is 228 Å². The van der Waals surface area contributed by atoms with Gasteiger partial charge in [-0.15, -0.1) is 0 Å². The molecule has 1 heterocycles. The summed E-state index contributed by atoms with van der Waals surface area (Å²) in [5.74, 6) is 0. The van der Waals surface area contributed by atoms with Gasteiger partial charge in [-0.25, -0.2) is 0 Å². The van der Waals surface area contributed by atoms with Crippen molar-refractivity contribution in [2.45, 2.75) is 0 Å². The lowest BCUT2D eigenvalue weighted by Crippen LogP contribution is -2.09. The molecule has 0 N–H and O–H groups in total. The molecule has 0 saturated heterocycles. The molecule has 0 amide bonds. The van der Waals surface area contributed by atoms with Gasteiger partial charge in [-0.1, -0.05) is 133 Å². The Morgan fingerprint density at radius 2 is 0.632 bits per heavy atom. The minimum absolute atomic E-state index is 0.894. The highest BCUT2D eigenvalue weighted by atomic mass is 16.3. The SMILES string of the molecule is c1ccc(N(c2ccccc2)c2ccc(-c3cc(-c4ccc(N(c5ccccc5)c5ccccc5)cc4)cc(-c4cccc5c4oc4ccccc45)c3)cc2)cc1. The molecule has 3 nitrogen and oxygen atoms in total. The van der Waals surface area contributed by atoms with Gasteiger partial charge >= 0.3 is 0 Å². The van der Waals surface area contributed by atoms with Crippen molar-refractivity contribution in [3.8, 4) is 33.4 Å². The normalized spacial score (nSPS) is 11.2. The van der Waals surface area contributed by atoms with Gasteiger partial charge in [-0.05, 0) is 125 Å². The lowest BCUT2D eigenvalue weighted by Gasteiger charge is -2.25. The molecule has 1 aromatic heterocycles.